The molecule has 0 aliphatic carbocycles. The van der Waals surface area contributed by atoms with E-state index in [9.17, 15) is 0 Å². The van der Waals surface area contributed by atoms with E-state index in [4.69, 9.17) is 11.5 Å². The van der Waals surface area contributed by atoms with Crippen LogP contribution in [-0.2, 0) is 0 Å². The van der Waals surface area contributed by atoms with Gasteiger partial charge in [-0.25, -0.2) is 0 Å². The molecule has 0 saturated heterocycles. The van der Waals surface area contributed by atoms with Gasteiger partial charge in [-0.15, -0.1) is 0 Å². The first-order chi connectivity index (χ1) is 6.94. The Hall–Kier alpha value is -0.860. The van der Waals surface area contributed by atoms with Crippen LogP contribution in [0.4, 0.5) is 0 Å². The molecule has 0 heterocycles. The summed E-state index contributed by atoms with van der Waals surface area (Å²) in [6, 6.07) is 8.50. The molecule has 0 aliphatic heterocycles. The Morgan fingerprint density at radius 3 is 2.20 bits per heavy atom. The highest BCUT2D eigenvalue weighted by atomic mass is 14.7. The monoisotopic (exact) mass is 206 g/mol. The molecule has 0 radical (unpaired) electrons. The Labute approximate surface area is 92.7 Å². The van der Waals surface area contributed by atoms with Crippen LogP contribution >= 0.6 is 0 Å². The van der Waals surface area contributed by atoms with E-state index >= 15 is 0 Å². The number of hydrogen-bond acceptors (Lipinski definition) is 2. The molecule has 0 aromatic heterocycles. The standard InChI is InChI=1S/C13H22N2/c1-10-4-6-11(7-5-10)12(15)8-13(2,3)9-14/h4-7,12H,8-9,14-15H2,1-3H3. The quantitative estimate of drug-likeness (QED) is 0.794. The maximum atomic E-state index is 6.15. The average Bonchev–Trinajstić information content (AvgIpc) is 2.18. The summed E-state index contributed by atoms with van der Waals surface area (Å²) < 4.78 is 0. The Morgan fingerprint density at radius 2 is 1.73 bits per heavy atom. The van der Waals surface area contributed by atoms with Crippen molar-refractivity contribution < 1.29 is 0 Å². The molecule has 84 valence electrons. The van der Waals surface area contributed by atoms with Gasteiger partial charge in [0.2, 0.25) is 0 Å². The molecule has 0 fully saturated rings. The van der Waals surface area contributed by atoms with Crippen LogP contribution < -0.4 is 11.5 Å². The van der Waals surface area contributed by atoms with Crippen molar-refractivity contribution in [3.05, 3.63) is 35.4 Å². The van der Waals surface area contributed by atoms with E-state index in [1.54, 1.807) is 0 Å². The van der Waals surface area contributed by atoms with Gasteiger partial charge in [0.05, 0.1) is 0 Å². The summed E-state index contributed by atoms with van der Waals surface area (Å²) in [5.41, 5.74) is 14.4. The number of hydrogen-bond donors (Lipinski definition) is 2. The summed E-state index contributed by atoms with van der Waals surface area (Å²) in [5.74, 6) is 0. The zero-order valence-electron chi connectivity index (χ0n) is 9.96. The Bertz CT molecular complexity index is 301. The minimum absolute atomic E-state index is 0.0872. The largest absolute Gasteiger partial charge is 0.330 e. The molecule has 0 bridgehead atoms. The van der Waals surface area contributed by atoms with Crippen LogP contribution in [0.5, 0.6) is 0 Å². The second kappa shape index (κ2) is 4.77. The van der Waals surface area contributed by atoms with Crippen molar-refractivity contribution >= 4 is 0 Å². The van der Waals surface area contributed by atoms with Crippen molar-refractivity contribution in [3.63, 3.8) is 0 Å². The smallest absolute Gasteiger partial charge is 0.0300 e. The van der Waals surface area contributed by atoms with Gasteiger partial charge in [-0.3, -0.25) is 0 Å². The SMILES string of the molecule is Cc1ccc(C(N)CC(C)(C)CN)cc1. The molecule has 0 amide bonds. The zero-order valence-corrected chi connectivity index (χ0v) is 9.96. The van der Waals surface area contributed by atoms with E-state index in [0.717, 1.165) is 6.42 Å². The normalized spacial score (nSPS) is 13.9. The molecule has 2 heteroatoms. The van der Waals surface area contributed by atoms with Crippen LogP contribution in [0.1, 0.15) is 37.4 Å². The minimum atomic E-state index is 0.0872. The number of aryl methyl sites for hydroxylation is 1. The third-order valence-corrected chi connectivity index (χ3v) is 2.83. The first kappa shape index (κ1) is 12.2. The van der Waals surface area contributed by atoms with Crippen LogP contribution in [0.2, 0.25) is 0 Å². The van der Waals surface area contributed by atoms with Gasteiger partial charge in [-0.2, -0.15) is 0 Å². The molecule has 1 aromatic carbocycles. The lowest BCUT2D eigenvalue weighted by Gasteiger charge is -2.26. The lowest BCUT2D eigenvalue weighted by Crippen LogP contribution is -2.28. The third kappa shape index (κ3) is 3.65. The zero-order chi connectivity index (χ0) is 11.5. The van der Waals surface area contributed by atoms with E-state index in [-0.39, 0.29) is 11.5 Å². The molecule has 1 unspecified atom stereocenters. The summed E-state index contributed by atoms with van der Waals surface area (Å²) in [5, 5.41) is 0. The predicted molar refractivity (Wildman–Crippen MR) is 65.6 cm³/mol. The molecule has 0 spiro atoms. The van der Waals surface area contributed by atoms with Gasteiger partial charge >= 0.3 is 0 Å². The van der Waals surface area contributed by atoms with Crippen molar-refractivity contribution in [3.8, 4) is 0 Å². The Balaban J connectivity index is 2.69. The number of nitrogens with two attached hydrogens (primary N) is 2. The van der Waals surface area contributed by atoms with Gasteiger partial charge in [0.1, 0.15) is 0 Å². The minimum Gasteiger partial charge on any atom is -0.330 e. The average molecular weight is 206 g/mol. The van der Waals surface area contributed by atoms with Gasteiger partial charge in [0, 0.05) is 6.04 Å². The van der Waals surface area contributed by atoms with E-state index in [2.05, 4.69) is 45.0 Å². The summed E-state index contributed by atoms with van der Waals surface area (Å²) in [7, 11) is 0. The highest BCUT2D eigenvalue weighted by molar-refractivity contribution is 5.24. The molecule has 4 N–H and O–H groups in total. The van der Waals surface area contributed by atoms with Crippen LogP contribution in [0, 0.1) is 12.3 Å². The fourth-order valence-corrected chi connectivity index (χ4v) is 1.61. The Morgan fingerprint density at radius 1 is 1.20 bits per heavy atom. The third-order valence-electron chi connectivity index (χ3n) is 2.83. The second-order valence-corrected chi connectivity index (χ2v) is 5.09. The fourth-order valence-electron chi connectivity index (χ4n) is 1.61. The predicted octanol–water partition coefficient (Wildman–Crippen LogP) is 2.37. The summed E-state index contributed by atoms with van der Waals surface area (Å²) in [4.78, 5) is 0. The molecule has 0 aliphatic rings. The van der Waals surface area contributed by atoms with Gasteiger partial charge in [0.15, 0.2) is 0 Å². The summed E-state index contributed by atoms with van der Waals surface area (Å²) >= 11 is 0. The van der Waals surface area contributed by atoms with E-state index in [0.29, 0.717) is 6.54 Å². The summed E-state index contributed by atoms with van der Waals surface area (Å²) in [6.45, 7) is 7.06. The first-order valence-corrected chi connectivity index (χ1v) is 5.47. The topological polar surface area (TPSA) is 52.0 Å². The fraction of sp³-hybridized carbons (Fsp3) is 0.538. The van der Waals surface area contributed by atoms with Crippen molar-refractivity contribution in [2.45, 2.75) is 33.2 Å². The van der Waals surface area contributed by atoms with Crippen LogP contribution in [0.3, 0.4) is 0 Å². The number of benzene rings is 1. The van der Waals surface area contributed by atoms with Crippen LogP contribution in [0.25, 0.3) is 0 Å². The molecular weight excluding hydrogens is 184 g/mol. The molecular formula is C13H22N2. The van der Waals surface area contributed by atoms with Crippen molar-refractivity contribution in [2.75, 3.05) is 6.54 Å². The number of rotatable bonds is 4. The van der Waals surface area contributed by atoms with Crippen LogP contribution in [0.15, 0.2) is 24.3 Å². The molecule has 15 heavy (non-hydrogen) atoms. The van der Waals surface area contributed by atoms with Gasteiger partial charge in [0.25, 0.3) is 0 Å². The highest BCUT2D eigenvalue weighted by Crippen LogP contribution is 2.27. The molecule has 1 atom stereocenters. The van der Waals surface area contributed by atoms with E-state index in [1.165, 1.54) is 11.1 Å². The van der Waals surface area contributed by atoms with E-state index in [1.807, 2.05) is 0 Å². The summed E-state index contributed by atoms with van der Waals surface area (Å²) in [6.07, 6.45) is 0.923. The molecule has 2 nitrogen and oxygen atoms in total. The second-order valence-electron chi connectivity index (χ2n) is 5.09. The Kier molecular flexibility index (Phi) is 3.89. The van der Waals surface area contributed by atoms with Gasteiger partial charge < -0.3 is 11.5 Å². The molecule has 1 aromatic rings. The maximum absolute atomic E-state index is 6.15. The van der Waals surface area contributed by atoms with Gasteiger partial charge in [-0.05, 0) is 30.9 Å². The molecule has 1 rings (SSSR count). The maximum Gasteiger partial charge on any atom is 0.0300 e. The highest BCUT2D eigenvalue weighted by Gasteiger charge is 2.20. The van der Waals surface area contributed by atoms with Crippen molar-refractivity contribution in [1.82, 2.24) is 0 Å². The first-order valence-electron chi connectivity index (χ1n) is 5.47. The van der Waals surface area contributed by atoms with Gasteiger partial charge in [-0.1, -0.05) is 43.7 Å². The van der Waals surface area contributed by atoms with E-state index < -0.39 is 0 Å². The lowest BCUT2D eigenvalue weighted by atomic mass is 9.84. The lowest BCUT2D eigenvalue weighted by molar-refractivity contribution is 0.317. The molecule has 0 saturated carbocycles. The van der Waals surface area contributed by atoms with Crippen molar-refractivity contribution in [1.29, 1.82) is 0 Å². The van der Waals surface area contributed by atoms with Crippen LogP contribution in [-0.4, -0.2) is 6.54 Å². The van der Waals surface area contributed by atoms with Crippen molar-refractivity contribution in [2.24, 2.45) is 16.9 Å².